The van der Waals surface area contributed by atoms with Crippen LogP contribution >= 0.6 is 0 Å². The lowest BCUT2D eigenvalue weighted by Gasteiger charge is -2.50. The zero-order chi connectivity index (χ0) is 16.9. The molecule has 0 spiro atoms. The molecule has 2 aliphatic heterocycles. The summed E-state index contributed by atoms with van der Waals surface area (Å²) in [6.07, 6.45) is 0.724. The van der Waals surface area contributed by atoms with E-state index in [-0.39, 0.29) is 12.1 Å². The van der Waals surface area contributed by atoms with Crippen LogP contribution in [0.4, 0.5) is 10.5 Å². The monoisotopic (exact) mass is 322 g/mol. The molecular formula is C20H22N2O2. The van der Waals surface area contributed by atoms with E-state index in [0.29, 0.717) is 5.92 Å². The number of hydrogen-bond donors (Lipinski definition) is 1. The minimum absolute atomic E-state index is 0.00126. The molecule has 24 heavy (non-hydrogen) atoms. The lowest BCUT2D eigenvalue weighted by molar-refractivity contribution is 0.0379. The first-order chi connectivity index (χ1) is 11.5. The van der Waals surface area contributed by atoms with Gasteiger partial charge in [-0.1, -0.05) is 44.2 Å². The number of carbonyl (C=O) groups is 1. The Morgan fingerprint density at radius 2 is 1.88 bits per heavy atom. The Kier molecular flexibility index (Phi) is 3.30. The Hall–Kier alpha value is -2.49. The van der Waals surface area contributed by atoms with Crippen LogP contribution in [0.5, 0.6) is 5.75 Å². The summed E-state index contributed by atoms with van der Waals surface area (Å²) in [5.41, 5.74) is 2.49. The van der Waals surface area contributed by atoms with E-state index in [4.69, 9.17) is 4.74 Å². The molecule has 0 radical (unpaired) electrons. The Balaban J connectivity index is 1.74. The van der Waals surface area contributed by atoms with E-state index < -0.39 is 5.72 Å². The van der Waals surface area contributed by atoms with Crippen molar-refractivity contribution in [1.29, 1.82) is 0 Å². The lowest BCUT2D eigenvalue weighted by Crippen LogP contribution is -2.65. The van der Waals surface area contributed by atoms with Crippen molar-refractivity contribution in [3.05, 3.63) is 59.7 Å². The fourth-order valence-electron chi connectivity index (χ4n) is 3.72. The van der Waals surface area contributed by atoms with Gasteiger partial charge in [0.05, 0.1) is 6.04 Å². The molecule has 1 N–H and O–H groups in total. The van der Waals surface area contributed by atoms with Crippen LogP contribution in [0.2, 0.25) is 0 Å². The van der Waals surface area contributed by atoms with Crippen LogP contribution in [0.15, 0.2) is 48.5 Å². The molecule has 0 aliphatic carbocycles. The van der Waals surface area contributed by atoms with E-state index >= 15 is 0 Å². The summed E-state index contributed by atoms with van der Waals surface area (Å²) in [6, 6.07) is 16.0. The number of benzene rings is 2. The maximum absolute atomic E-state index is 12.8. The number of hydrogen-bond acceptors (Lipinski definition) is 2. The molecule has 4 nitrogen and oxygen atoms in total. The summed E-state index contributed by atoms with van der Waals surface area (Å²) in [6.45, 7) is 6.32. The van der Waals surface area contributed by atoms with Gasteiger partial charge in [-0.25, -0.2) is 4.79 Å². The summed E-state index contributed by atoms with van der Waals surface area (Å²) in [5, 5.41) is 3.12. The number of nitrogens with one attached hydrogen (secondary N) is 1. The van der Waals surface area contributed by atoms with Crippen molar-refractivity contribution in [1.82, 2.24) is 5.32 Å². The normalized spacial score (nSPS) is 25.1. The molecule has 1 saturated heterocycles. The molecule has 2 bridgehead atoms. The molecule has 2 heterocycles. The van der Waals surface area contributed by atoms with Crippen LogP contribution in [-0.2, 0) is 0 Å². The Morgan fingerprint density at radius 3 is 2.58 bits per heavy atom. The van der Waals surface area contributed by atoms with E-state index in [9.17, 15) is 4.79 Å². The number of ether oxygens (including phenoxy) is 1. The summed E-state index contributed by atoms with van der Waals surface area (Å²) < 4.78 is 6.27. The van der Waals surface area contributed by atoms with Gasteiger partial charge in [0.2, 0.25) is 0 Å². The number of rotatable bonds is 2. The number of carbonyl (C=O) groups excluding carboxylic acids is 1. The van der Waals surface area contributed by atoms with Crippen LogP contribution in [0.25, 0.3) is 0 Å². The molecule has 2 aromatic rings. The van der Waals surface area contributed by atoms with Gasteiger partial charge in [0, 0.05) is 17.7 Å². The second-order valence-electron chi connectivity index (χ2n) is 7.10. The lowest BCUT2D eigenvalue weighted by atomic mass is 9.90. The van der Waals surface area contributed by atoms with E-state index in [1.807, 2.05) is 43.3 Å². The van der Waals surface area contributed by atoms with E-state index in [2.05, 4.69) is 31.3 Å². The number of fused-ring (bicyclic) bond motifs is 4. The van der Waals surface area contributed by atoms with Gasteiger partial charge in [-0.2, -0.15) is 0 Å². The number of urea groups is 1. The fourth-order valence-corrected chi connectivity index (χ4v) is 3.72. The first kappa shape index (κ1) is 15.1. The first-order valence-electron chi connectivity index (χ1n) is 8.46. The van der Waals surface area contributed by atoms with Crippen LogP contribution in [0.1, 0.15) is 50.3 Å². The van der Waals surface area contributed by atoms with E-state index in [1.165, 1.54) is 5.56 Å². The predicted octanol–water partition coefficient (Wildman–Crippen LogP) is 4.58. The maximum atomic E-state index is 12.8. The molecule has 0 saturated carbocycles. The number of nitrogens with zero attached hydrogens (tertiary/aromatic N) is 1. The van der Waals surface area contributed by atoms with E-state index in [0.717, 1.165) is 23.4 Å². The van der Waals surface area contributed by atoms with Crippen molar-refractivity contribution < 1.29 is 9.53 Å². The second kappa shape index (κ2) is 5.26. The average Bonchev–Trinajstić information content (AvgIpc) is 2.54. The fraction of sp³-hybridized carbons (Fsp3) is 0.350. The number of para-hydroxylation sites is 1. The highest BCUT2D eigenvalue weighted by molar-refractivity contribution is 5.94. The molecule has 4 rings (SSSR count). The highest BCUT2D eigenvalue weighted by Crippen LogP contribution is 2.45. The van der Waals surface area contributed by atoms with Crippen LogP contribution in [0, 0.1) is 0 Å². The van der Waals surface area contributed by atoms with Crippen molar-refractivity contribution in [3.8, 4) is 5.75 Å². The van der Waals surface area contributed by atoms with Crippen molar-refractivity contribution in [2.45, 2.75) is 44.9 Å². The summed E-state index contributed by atoms with van der Waals surface area (Å²) in [4.78, 5) is 14.5. The Labute approximate surface area is 142 Å². The molecule has 124 valence electrons. The van der Waals surface area contributed by atoms with Gasteiger partial charge >= 0.3 is 6.03 Å². The van der Waals surface area contributed by atoms with Gasteiger partial charge < -0.3 is 10.1 Å². The third-order valence-electron chi connectivity index (χ3n) is 5.00. The Morgan fingerprint density at radius 1 is 1.17 bits per heavy atom. The second-order valence-corrected chi connectivity index (χ2v) is 7.10. The molecule has 2 amide bonds. The highest BCUT2D eigenvalue weighted by Gasteiger charge is 2.49. The third kappa shape index (κ3) is 2.25. The molecular weight excluding hydrogens is 300 g/mol. The number of amides is 2. The first-order valence-corrected chi connectivity index (χ1v) is 8.46. The van der Waals surface area contributed by atoms with Crippen LogP contribution in [0.3, 0.4) is 0 Å². The molecule has 0 unspecified atom stereocenters. The van der Waals surface area contributed by atoms with E-state index in [1.54, 1.807) is 4.90 Å². The van der Waals surface area contributed by atoms with Crippen LogP contribution < -0.4 is 15.0 Å². The maximum Gasteiger partial charge on any atom is 0.325 e. The highest BCUT2D eigenvalue weighted by atomic mass is 16.5. The minimum Gasteiger partial charge on any atom is -0.467 e. The Bertz CT molecular complexity index is 784. The molecule has 0 aromatic heterocycles. The predicted molar refractivity (Wildman–Crippen MR) is 94.4 cm³/mol. The quantitative estimate of drug-likeness (QED) is 0.879. The standard InChI is InChI=1S/C20H22N2O2/c1-13(2)14-8-10-15(11-9-14)22-19(23)21-17-12-20(22,3)24-18-7-5-4-6-16(17)18/h4-11,13,17H,12H2,1-3H3,(H,21,23)/t17-,20+/m0/s1. The molecule has 4 heteroatoms. The van der Waals surface area contributed by atoms with Crippen molar-refractivity contribution in [3.63, 3.8) is 0 Å². The summed E-state index contributed by atoms with van der Waals surface area (Å²) >= 11 is 0. The number of anilines is 1. The molecule has 1 fully saturated rings. The van der Waals surface area contributed by atoms with Gasteiger partial charge in [-0.15, -0.1) is 0 Å². The topological polar surface area (TPSA) is 41.6 Å². The van der Waals surface area contributed by atoms with Crippen molar-refractivity contribution >= 4 is 11.7 Å². The van der Waals surface area contributed by atoms with Gasteiger partial charge in [-0.05, 0) is 36.6 Å². The third-order valence-corrected chi connectivity index (χ3v) is 5.00. The van der Waals surface area contributed by atoms with Gasteiger partial charge in [0.1, 0.15) is 5.75 Å². The average molecular weight is 322 g/mol. The zero-order valence-corrected chi connectivity index (χ0v) is 14.2. The van der Waals surface area contributed by atoms with Gasteiger partial charge in [0.15, 0.2) is 5.72 Å². The summed E-state index contributed by atoms with van der Waals surface area (Å²) in [7, 11) is 0. The smallest absolute Gasteiger partial charge is 0.325 e. The molecule has 2 atom stereocenters. The largest absolute Gasteiger partial charge is 0.467 e. The summed E-state index contributed by atoms with van der Waals surface area (Å²) in [5.74, 6) is 1.31. The zero-order valence-electron chi connectivity index (χ0n) is 14.2. The van der Waals surface area contributed by atoms with Crippen LogP contribution in [-0.4, -0.2) is 11.8 Å². The minimum atomic E-state index is -0.680. The van der Waals surface area contributed by atoms with Crippen molar-refractivity contribution in [2.75, 3.05) is 4.90 Å². The van der Waals surface area contributed by atoms with Gasteiger partial charge in [-0.3, -0.25) is 4.90 Å². The molecule has 2 aliphatic rings. The van der Waals surface area contributed by atoms with Crippen molar-refractivity contribution in [2.24, 2.45) is 0 Å². The van der Waals surface area contributed by atoms with Gasteiger partial charge in [0.25, 0.3) is 0 Å². The molecule has 2 aromatic carbocycles. The SMILES string of the molecule is CC(C)c1ccc(N2C(=O)N[C@H]3C[C@@]2(C)Oc2ccccc23)cc1.